The molecule has 1 fully saturated rings. The van der Waals surface area contributed by atoms with Gasteiger partial charge in [-0.15, -0.1) is 0 Å². The van der Waals surface area contributed by atoms with Crippen LogP contribution >= 0.6 is 0 Å². The lowest BCUT2D eigenvalue weighted by Crippen LogP contribution is -2.49. The van der Waals surface area contributed by atoms with Crippen LogP contribution in [0.5, 0.6) is 0 Å². The van der Waals surface area contributed by atoms with E-state index in [9.17, 15) is 4.79 Å². The molecule has 7 heteroatoms. The number of nitrogens with one attached hydrogen (secondary N) is 1. The molecule has 1 aliphatic rings. The van der Waals surface area contributed by atoms with E-state index in [-0.39, 0.29) is 11.9 Å². The molecule has 1 aromatic carbocycles. The average Bonchev–Trinajstić information content (AvgIpc) is 3.36. The number of amides is 1. The summed E-state index contributed by atoms with van der Waals surface area (Å²) in [6.45, 7) is 2.19. The highest BCUT2D eigenvalue weighted by Gasteiger charge is 2.30. The van der Waals surface area contributed by atoms with Gasteiger partial charge in [0.15, 0.2) is 11.7 Å². The molecule has 1 atom stereocenters. The number of oxazole rings is 1. The van der Waals surface area contributed by atoms with Crippen LogP contribution in [0.15, 0.2) is 53.3 Å². The molecule has 0 spiro atoms. The number of hydrogen-bond donors (Lipinski definition) is 1. The number of imidazole rings is 1. The number of carbonyl (C=O) groups is 1. The predicted molar refractivity (Wildman–Crippen MR) is 101 cm³/mol. The van der Waals surface area contributed by atoms with E-state index in [4.69, 9.17) is 4.42 Å². The van der Waals surface area contributed by atoms with Crippen molar-refractivity contribution in [3.63, 3.8) is 0 Å². The Bertz CT molecular complexity index is 902. The van der Waals surface area contributed by atoms with Crippen LogP contribution in [0.1, 0.15) is 24.2 Å². The van der Waals surface area contributed by atoms with E-state index in [1.165, 1.54) is 0 Å². The fourth-order valence-corrected chi connectivity index (χ4v) is 3.45. The third kappa shape index (κ3) is 3.78. The molecule has 1 unspecified atom stereocenters. The van der Waals surface area contributed by atoms with E-state index in [0.717, 1.165) is 23.7 Å². The first-order valence-electron chi connectivity index (χ1n) is 9.20. The summed E-state index contributed by atoms with van der Waals surface area (Å²) in [5, 5.41) is 3.35. The van der Waals surface area contributed by atoms with Crippen molar-refractivity contribution >= 4 is 5.91 Å². The van der Waals surface area contributed by atoms with Crippen molar-refractivity contribution < 1.29 is 9.21 Å². The minimum Gasteiger partial charge on any atom is -0.441 e. The average molecular weight is 365 g/mol. The second-order valence-corrected chi connectivity index (χ2v) is 6.69. The third-order valence-electron chi connectivity index (χ3n) is 4.88. The number of nitrogens with zero attached hydrogens (tertiary/aromatic N) is 4. The fourth-order valence-electron chi connectivity index (χ4n) is 3.45. The second-order valence-electron chi connectivity index (χ2n) is 6.69. The van der Waals surface area contributed by atoms with Crippen LogP contribution in [0.25, 0.3) is 11.3 Å². The van der Waals surface area contributed by atoms with Gasteiger partial charge in [-0.1, -0.05) is 30.3 Å². The molecule has 3 heterocycles. The fraction of sp³-hybridized carbons (Fsp3) is 0.350. The maximum atomic E-state index is 12.9. The number of hydrogen-bond acceptors (Lipinski definition) is 5. The summed E-state index contributed by atoms with van der Waals surface area (Å²) in [7, 11) is 1.96. The lowest BCUT2D eigenvalue weighted by molar-refractivity contribution is -0.134. The van der Waals surface area contributed by atoms with E-state index in [2.05, 4.69) is 15.3 Å². The zero-order chi connectivity index (χ0) is 18.6. The van der Waals surface area contributed by atoms with Gasteiger partial charge in [0.2, 0.25) is 5.91 Å². The van der Waals surface area contributed by atoms with Gasteiger partial charge in [0, 0.05) is 57.5 Å². The van der Waals surface area contributed by atoms with E-state index in [1.807, 2.05) is 53.0 Å². The van der Waals surface area contributed by atoms with Gasteiger partial charge < -0.3 is 19.2 Å². The number of piperazine rings is 1. The highest BCUT2D eigenvalue weighted by Crippen LogP contribution is 2.23. The minimum atomic E-state index is -0.0457. The van der Waals surface area contributed by atoms with Gasteiger partial charge in [0.25, 0.3) is 0 Å². The zero-order valence-electron chi connectivity index (χ0n) is 15.3. The highest BCUT2D eigenvalue weighted by molar-refractivity contribution is 5.77. The SMILES string of the molecule is Cn1ccnc1C1CNCCN1C(=O)CCc1ncc(-c2ccccc2)o1. The maximum Gasteiger partial charge on any atom is 0.223 e. The molecule has 27 heavy (non-hydrogen) atoms. The Morgan fingerprint density at radius 1 is 1.30 bits per heavy atom. The van der Waals surface area contributed by atoms with Gasteiger partial charge in [-0.3, -0.25) is 4.79 Å². The minimum absolute atomic E-state index is 0.0457. The van der Waals surface area contributed by atoms with Crippen molar-refractivity contribution in [3.8, 4) is 11.3 Å². The Labute approximate surface area is 158 Å². The molecule has 1 N–H and O–H groups in total. The summed E-state index contributed by atoms with van der Waals surface area (Å²) in [6.07, 6.45) is 6.25. The van der Waals surface area contributed by atoms with Gasteiger partial charge in [-0.05, 0) is 0 Å². The number of benzene rings is 1. The van der Waals surface area contributed by atoms with Gasteiger partial charge in [-0.2, -0.15) is 0 Å². The summed E-state index contributed by atoms with van der Waals surface area (Å²) in [5.41, 5.74) is 0.986. The Morgan fingerprint density at radius 2 is 2.15 bits per heavy atom. The standard InChI is InChI=1S/C20H23N5O2/c1-24-11-10-22-20(24)16-13-21-9-12-25(16)19(26)8-7-18-23-14-17(27-18)15-5-3-2-4-6-15/h2-6,10-11,14,16,21H,7-9,12-13H2,1H3. The van der Waals surface area contributed by atoms with E-state index in [1.54, 1.807) is 12.4 Å². The lowest BCUT2D eigenvalue weighted by atomic mass is 10.1. The molecule has 2 aromatic heterocycles. The lowest BCUT2D eigenvalue weighted by Gasteiger charge is -2.35. The smallest absolute Gasteiger partial charge is 0.223 e. The van der Waals surface area contributed by atoms with Crippen LogP contribution in [-0.4, -0.2) is 45.0 Å². The summed E-state index contributed by atoms with van der Waals surface area (Å²) in [5.74, 6) is 2.32. The summed E-state index contributed by atoms with van der Waals surface area (Å²) in [4.78, 5) is 23.5. The molecule has 0 aliphatic carbocycles. The second kappa shape index (κ2) is 7.75. The van der Waals surface area contributed by atoms with E-state index in [0.29, 0.717) is 31.8 Å². The summed E-state index contributed by atoms with van der Waals surface area (Å²) in [6, 6.07) is 9.80. The highest BCUT2D eigenvalue weighted by atomic mass is 16.4. The third-order valence-corrected chi connectivity index (χ3v) is 4.88. The van der Waals surface area contributed by atoms with Crippen molar-refractivity contribution in [3.05, 3.63) is 60.6 Å². The monoisotopic (exact) mass is 365 g/mol. The van der Waals surface area contributed by atoms with Gasteiger partial charge in [0.1, 0.15) is 11.9 Å². The van der Waals surface area contributed by atoms with Crippen LogP contribution < -0.4 is 5.32 Å². The zero-order valence-corrected chi connectivity index (χ0v) is 15.3. The van der Waals surface area contributed by atoms with E-state index >= 15 is 0 Å². The number of aromatic nitrogens is 3. The molecule has 7 nitrogen and oxygen atoms in total. The van der Waals surface area contributed by atoms with Crippen LogP contribution in [0.3, 0.4) is 0 Å². The molecule has 1 aliphatic heterocycles. The molecular formula is C20H23N5O2. The van der Waals surface area contributed by atoms with Crippen LogP contribution in [-0.2, 0) is 18.3 Å². The van der Waals surface area contributed by atoms with Gasteiger partial charge >= 0.3 is 0 Å². The molecule has 3 aromatic rings. The molecule has 0 radical (unpaired) electrons. The Hall–Kier alpha value is -2.93. The van der Waals surface area contributed by atoms with Crippen LogP contribution in [0, 0.1) is 0 Å². The molecule has 4 rings (SSSR count). The summed E-state index contributed by atoms with van der Waals surface area (Å²) >= 11 is 0. The quantitative estimate of drug-likeness (QED) is 0.750. The van der Waals surface area contributed by atoms with Crippen LogP contribution in [0.4, 0.5) is 0 Å². The molecule has 1 saturated heterocycles. The maximum absolute atomic E-state index is 12.9. The first kappa shape index (κ1) is 17.5. The van der Waals surface area contributed by atoms with E-state index < -0.39 is 0 Å². The van der Waals surface area contributed by atoms with Crippen molar-refractivity contribution in [1.29, 1.82) is 0 Å². The molecule has 140 valence electrons. The van der Waals surface area contributed by atoms with Crippen molar-refractivity contribution in [1.82, 2.24) is 24.8 Å². The Kier molecular flexibility index (Phi) is 5.02. The normalized spacial score (nSPS) is 17.2. The van der Waals surface area contributed by atoms with Crippen molar-refractivity contribution in [2.24, 2.45) is 7.05 Å². The number of carbonyl (C=O) groups excluding carboxylic acids is 1. The first-order valence-corrected chi connectivity index (χ1v) is 9.20. The molecule has 1 amide bonds. The predicted octanol–water partition coefficient (Wildman–Crippen LogP) is 2.18. The molecular weight excluding hydrogens is 342 g/mol. The van der Waals surface area contributed by atoms with Crippen LogP contribution in [0.2, 0.25) is 0 Å². The Morgan fingerprint density at radius 3 is 2.93 bits per heavy atom. The number of rotatable bonds is 5. The number of aryl methyl sites for hydroxylation is 2. The molecule has 0 bridgehead atoms. The van der Waals surface area contributed by atoms with Gasteiger partial charge in [0.05, 0.1) is 6.20 Å². The summed E-state index contributed by atoms with van der Waals surface area (Å²) < 4.78 is 7.79. The largest absolute Gasteiger partial charge is 0.441 e. The van der Waals surface area contributed by atoms with Crippen molar-refractivity contribution in [2.75, 3.05) is 19.6 Å². The van der Waals surface area contributed by atoms with Gasteiger partial charge in [-0.25, -0.2) is 9.97 Å². The first-order chi connectivity index (χ1) is 13.2. The Balaban J connectivity index is 1.41. The van der Waals surface area contributed by atoms with Crippen molar-refractivity contribution in [2.45, 2.75) is 18.9 Å². The molecule has 0 saturated carbocycles. The topological polar surface area (TPSA) is 76.2 Å².